The highest BCUT2D eigenvalue weighted by Crippen LogP contribution is 2.36. The number of rotatable bonds is 7. The largest absolute Gasteiger partial charge is 0.490 e. The summed E-state index contributed by atoms with van der Waals surface area (Å²) in [7, 11) is 0. The minimum absolute atomic E-state index is 0.0649. The summed E-state index contributed by atoms with van der Waals surface area (Å²) in [6, 6.07) is 2.14. The SMILES string of the molecule is Fc1cc(Cl)c(SCC(F)(F)F)cc1OCCCCCl. The number of ether oxygens (including phenoxy) is 1. The van der Waals surface area contributed by atoms with E-state index in [9.17, 15) is 17.6 Å². The van der Waals surface area contributed by atoms with Crippen LogP contribution in [0.1, 0.15) is 12.8 Å². The molecule has 8 heteroatoms. The first kappa shape index (κ1) is 17.7. The van der Waals surface area contributed by atoms with Gasteiger partial charge in [-0.05, 0) is 25.0 Å². The monoisotopic (exact) mass is 350 g/mol. The third-order valence-electron chi connectivity index (χ3n) is 2.16. The summed E-state index contributed by atoms with van der Waals surface area (Å²) in [6.45, 7) is 0.245. The van der Waals surface area contributed by atoms with Gasteiger partial charge in [-0.2, -0.15) is 13.2 Å². The Morgan fingerprint density at radius 1 is 1.20 bits per heavy atom. The van der Waals surface area contributed by atoms with E-state index in [1.165, 1.54) is 6.07 Å². The number of unbranched alkanes of at least 4 members (excludes halogenated alkanes) is 1. The van der Waals surface area contributed by atoms with Crippen molar-refractivity contribution in [3.05, 3.63) is 23.0 Å². The molecule has 0 aliphatic heterocycles. The Kier molecular flexibility index (Phi) is 7.26. The van der Waals surface area contributed by atoms with Gasteiger partial charge in [-0.25, -0.2) is 4.39 Å². The predicted octanol–water partition coefficient (Wildman–Crippen LogP) is 5.53. The van der Waals surface area contributed by atoms with E-state index in [1.54, 1.807) is 0 Å². The summed E-state index contributed by atoms with van der Waals surface area (Å²) in [5.74, 6) is -1.42. The average molecular weight is 351 g/mol. The number of hydrogen-bond acceptors (Lipinski definition) is 2. The van der Waals surface area contributed by atoms with Crippen molar-refractivity contribution < 1.29 is 22.3 Å². The van der Waals surface area contributed by atoms with Crippen molar-refractivity contribution in [3.63, 3.8) is 0 Å². The fraction of sp³-hybridized carbons (Fsp3) is 0.500. The molecule has 114 valence electrons. The normalized spacial score (nSPS) is 11.7. The van der Waals surface area contributed by atoms with E-state index in [4.69, 9.17) is 27.9 Å². The summed E-state index contributed by atoms with van der Waals surface area (Å²) in [5.41, 5.74) is 0. The molecule has 0 unspecified atom stereocenters. The van der Waals surface area contributed by atoms with E-state index in [0.717, 1.165) is 6.07 Å². The van der Waals surface area contributed by atoms with Crippen molar-refractivity contribution in [2.24, 2.45) is 0 Å². The van der Waals surface area contributed by atoms with Gasteiger partial charge in [-0.15, -0.1) is 23.4 Å². The number of thioether (sulfide) groups is 1. The maximum absolute atomic E-state index is 13.5. The van der Waals surface area contributed by atoms with E-state index < -0.39 is 17.7 Å². The van der Waals surface area contributed by atoms with Crippen LogP contribution >= 0.6 is 35.0 Å². The molecule has 1 rings (SSSR count). The Labute approximate surface area is 128 Å². The lowest BCUT2D eigenvalue weighted by atomic mass is 10.3. The Morgan fingerprint density at radius 3 is 2.50 bits per heavy atom. The van der Waals surface area contributed by atoms with Crippen LogP contribution in [0.2, 0.25) is 5.02 Å². The number of halogens is 6. The van der Waals surface area contributed by atoms with Crippen LogP contribution < -0.4 is 4.74 Å². The molecule has 0 atom stereocenters. The molecule has 0 aliphatic carbocycles. The molecule has 1 nitrogen and oxygen atoms in total. The number of benzene rings is 1. The highest BCUT2D eigenvalue weighted by Gasteiger charge is 2.28. The van der Waals surface area contributed by atoms with E-state index in [0.29, 0.717) is 30.5 Å². The van der Waals surface area contributed by atoms with Crippen LogP contribution in [0.5, 0.6) is 5.75 Å². The van der Waals surface area contributed by atoms with Crippen molar-refractivity contribution in [2.45, 2.75) is 23.9 Å². The van der Waals surface area contributed by atoms with Crippen LogP contribution in [0.15, 0.2) is 17.0 Å². The van der Waals surface area contributed by atoms with E-state index in [2.05, 4.69) is 0 Å². The summed E-state index contributed by atoms with van der Waals surface area (Å²) in [6.07, 6.45) is -2.97. The van der Waals surface area contributed by atoms with Gasteiger partial charge >= 0.3 is 6.18 Å². The molecular formula is C12H12Cl2F4OS. The second-order valence-electron chi connectivity index (χ2n) is 3.86. The second-order valence-corrected chi connectivity index (χ2v) is 5.66. The first-order valence-electron chi connectivity index (χ1n) is 5.71. The standard InChI is InChI=1S/C12H12Cl2F4OS/c13-3-1-2-4-19-10-6-11(8(14)5-9(10)15)20-7-12(16,17)18/h5-6H,1-4,7H2. The van der Waals surface area contributed by atoms with Gasteiger partial charge in [0.05, 0.1) is 17.4 Å². The molecule has 0 N–H and O–H groups in total. The van der Waals surface area contributed by atoms with Gasteiger partial charge in [0.25, 0.3) is 0 Å². The van der Waals surface area contributed by atoms with Gasteiger partial charge in [-0.3, -0.25) is 0 Å². The average Bonchev–Trinajstić information content (AvgIpc) is 2.34. The molecule has 0 fully saturated rings. The van der Waals surface area contributed by atoms with Crippen molar-refractivity contribution in [2.75, 3.05) is 18.2 Å². The molecule has 0 aliphatic rings. The van der Waals surface area contributed by atoms with Crippen LogP contribution in [0.25, 0.3) is 0 Å². The van der Waals surface area contributed by atoms with Gasteiger partial charge < -0.3 is 4.74 Å². The molecule has 0 amide bonds. The molecule has 0 saturated carbocycles. The minimum atomic E-state index is -4.32. The first-order chi connectivity index (χ1) is 9.33. The Morgan fingerprint density at radius 2 is 1.90 bits per heavy atom. The van der Waals surface area contributed by atoms with E-state index >= 15 is 0 Å². The highest BCUT2D eigenvalue weighted by atomic mass is 35.5. The smallest absolute Gasteiger partial charge is 0.398 e. The zero-order valence-corrected chi connectivity index (χ0v) is 12.6. The Hall–Kier alpha value is -0.330. The van der Waals surface area contributed by atoms with Crippen molar-refractivity contribution in [1.29, 1.82) is 0 Å². The fourth-order valence-electron chi connectivity index (χ4n) is 1.27. The third-order valence-corrected chi connectivity index (χ3v) is 3.98. The second kappa shape index (κ2) is 8.20. The van der Waals surface area contributed by atoms with Crippen molar-refractivity contribution >= 4 is 35.0 Å². The molecule has 0 radical (unpaired) electrons. The Balaban J connectivity index is 2.70. The van der Waals surface area contributed by atoms with Gasteiger partial charge in [0.1, 0.15) is 0 Å². The van der Waals surface area contributed by atoms with Crippen molar-refractivity contribution in [3.8, 4) is 5.75 Å². The van der Waals surface area contributed by atoms with Gasteiger partial charge in [-0.1, -0.05) is 11.6 Å². The molecule has 0 spiro atoms. The summed E-state index contributed by atoms with van der Waals surface area (Å²) < 4.78 is 55.2. The highest BCUT2D eigenvalue weighted by molar-refractivity contribution is 7.99. The first-order valence-corrected chi connectivity index (χ1v) is 7.60. The molecule has 0 bridgehead atoms. The van der Waals surface area contributed by atoms with Crippen LogP contribution in [0.4, 0.5) is 17.6 Å². The fourth-order valence-corrected chi connectivity index (χ4v) is 2.48. The molecule has 1 aromatic carbocycles. The molecule has 0 saturated heterocycles. The topological polar surface area (TPSA) is 9.23 Å². The number of hydrogen-bond donors (Lipinski definition) is 0. The number of alkyl halides is 4. The van der Waals surface area contributed by atoms with Crippen LogP contribution in [0, 0.1) is 5.82 Å². The lowest BCUT2D eigenvalue weighted by Gasteiger charge is -2.11. The van der Waals surface area contributed by atoms with Crippen LogP contribution in [-0.2, 0) is 0 Å². The summed E-state index contributed by atoms with van der Waals surface area (Å²) >= 11 is 11.7. The van der Waals surface area contributed by atoms with Crippen LogP contribution in [0.3, 0.4) is 0 Å². The Bertz CT molecular complexity index is 440. The lowest BCUT2D eigenvalue weighted by Crippen LogP contribution is -2.10. The van der Waals surface area contributed by atoms with Crippen LogP contribution in [-0.4, -0.2) is 24.4 Å². The lowest BCUT2D eigenvalue weighted by molar-refractivity contribution is -0.105. The third kappa shape index (κ3) is 6.41. The van der Waals surface area contributed by atoms with Gasteiger partial charge in [0, 0.05) is 10.8 Å². The zero-order valence-electron chi connectivity index (χ0n) is 10.3. The van der Waals surface area contributed by atoms with Crippen molar-refractivity contribution in [1.82, 2.24) is 0 Å². The quantitative estimate of drug-likeness (QED) is 0.276. The molecule has 20 heavy (non-hydrogen) atoms. The van der Waals surface area contributed by atoms with Gasteiger partial charge in [0.15, 0.2) is 11.6 Å². The van der Waals surface area contributed by atoms with E-state index in [-0.39, 0.29) is 22.3 Å². The molecule has 1 aromatic rings. The van der Waals surface area contributed by atoms with E-state index in [1.807, 2.05) is 0 Å². The predicted molar refractivity (Wildman–Crippen MR) is 73.6 cm³/mol. The minimum Gasteiger partial charge on any atom is -0.490 e. The molecule has 0 aromatic heterocycles. The maximum atomic E-state index is 13.5. The summed E-state index contributed by atoms with van der Waals surface area (Å²) in [5, 5.41) is -0.0649. The summed E-state index contributed by atoms with van der Waals surface area (Å²) in [4.78, 5) is 0.137. The zero-order chi connectivity index (χ0) is 15.2. The molecule has 0 heterocycles. The maximum Gasteiger partial charge on any atom is 0.398 e. The molecular weight excluding hydrogens is 339 g/mol. The van der Waals surface area contributed by atoms with Gasteiger partial charge in [0.2, 0.25) is 0 Å².